The lowest BCUT2D eigenvalue weighted by Crippen LogP contribution is -2.21. The number of hydrogen-bond acceptors (Lipinski definition) is 3. The van der Waals surface area contributed by atoms with Gasteiger partial charge in [-0.15, -0.1) is 16.2 Å². The highest BCUT2D eigenvalue weighted by Crippen LogP contribution is 2.21. The standard InChI is InChI=1S/C6H9FN2OS/c1-6(2,3-8)11-4-9-5(7)10/h4H2,1-2H3,(H,9,10). The van der Waals surface area contributed by atoms with Gasteiger partial charge in [-0.1, -0.05) is 0 Å². The molecule has 0 fully saturated rings. The molecule has 0 unspecified atom stereocenters. The van der Waals surface area contributed by atoms with E-state index in [2.05, 4.69) is 0 Å². The quantitative estimate of drug-likeness (QED) is 0.404. The van der Waals surface area contributed by atoms with Gasteiger partial charge in [-0.05, 0) is 13.8 Å². The van der Waals surface area contributed by atoms with Crippen molar-refractivity contribution in [1.82, 2.24) is 5.32 Å². The first-order valence-electron chi connectivity index (χ1n) is 2.96. The van der Waals surface area contributed by atoms with E-state index in [1.54, 1.807) is 13.8 Å². The van der Waals surface area contributed by atoms with Gasteiger partial charge in [0.25, 0.3) is 0 Å². The Labute approximate surface area is 69.0 Å². The summed E-state index contributed by atoms with van der Waals surface area (Å²) in [7, 11) is 0. The highest BCUT2D eigenvalue weighted by atomic mass is 32.2. The van der Waals surface area contributed by atoms with Gasteiger partial charge in [0.2, 0.25) is 0 Å². The molecule has 0 aliphatic carbocycles. The van der Waals surface area contributed by atoms with Crippen molar-refractivity contribution >= 4 is 17.9 Å². The van der Waals surface area contributed by atoms with Crippen molar-refractivity contribution in [3.05, 3.63) is 0 Å². The van der Waals surface area contributed by atoms with Gasteiger partial charge in [-0.3, -0.25) is 0 Å². The normalized spacial score (nSPS) is 10.4. The Balaban J connectivity index is 3.56. The van der Waals surface area contributed by atoms with Gasteiger partial charge in [0.05, 0.1) is 16.7 Å². The van der Waals surface area contributed by atoms with E-state index < -0.39 is 10.9 Å². The Hall–Kier alpha value is -0.760. The molecule has 0 aliphatic rings. The summed E-state index contributed by atoms with van der Waals surface area (Å²) < 4.78 is 11.0. The van der Waals surface area contributed by atoms with Crippen LogP contribution in [0.25, 0.3) is 0 Å². The average molecular weight is 176 g/mol. The Morgan fingerprint density at radius 3 is 2.73 bits per heavy atom. The maximum atomic E-state index is 11.5. The Bertz CT molecular complexity index is 188. The van der Waals surface area contributed by atoms with Crippen LogP contribution in [0.2, 0.25) is 0 Å². The second kappa shape index (κ2) is 4.19. The summed E-state index contributed by atoms with van der Waals surface area (Å²) >= 11 is 1.17. The maximum absolute atomic E-state index is 11.5. The molecule has 0 saturated heterocycles. The van der Waals surface area contributed by atoms with Gasteiger partial charge in [-0.25, -0.2) is 4.79 Å². The zero-order chi connectivity index (χ0) is 8.91. The number of amides is 1. The lowest BCUT2D eigenvalue weighted by atomic mass is 10.2. The number of nitriles is 1. The summed E-state index contributed by atoms with van der Waals surface area (Å²) in [5, 5.41) is 10.4. The Kier molecular flexibility index (Phi) is 3.90. The zero-order valence-corrected chi connectivity index (χ0v) is 7.17. The van der Waals surface area contributed by atoms with Gasteiger partial charge in [0.1, 0.15) is 0 Å². The van der Waals surface area contributed by atoms with Crippen LogP contribution in [0.4, 0.5) is 9.18 Å². The first-order valence-corrected chi connectivity index (χ1v) is 3.95. The molecule has 3 nitrogen and oxygen atoms in total. The molecule has 1 N–H and O–H groups in total. The third-order valence-electron chi connectivity index (χ3n) is 0.913. The van der Waals surface area contributed by atoms with Crippen LogP contribution < -0.4 is 5.32 Å². The van der Waals surface area contributed by atoms with E-state index in [1.165, 1.54) is 11.8 Å². The zero-order valence-electron chi connectivity index (χ0n) is 6.35. The van der Waals surface area contributed by atoms with Crippen molar-refractivity contribution in [2.45, 2.75) is 18.6 Å². The molecule has 0 heterocycles. The fraction of sp³-hybridized carbons (Fsp3) is 0.667. The number of carbonyl (C=O) groups is 1. The van der Waals surface area contributed by atoms with Crippen LogP contribution in [-0.4, -0.2) is 16.8 Å². The van der Waals surface area contributed by atoms with Crippen molar-refractivity contribution in [1.29, 1.82) is 5.26 Å². The molecule has 62 valence electrons. The molecule has 11 heavy (non-hydrogen) atoms. The lowest BCUT2D eigenvalue weighted by Gasteiger charge is -2.13. The van der Waals surface area contributed by atoms with Crippen molar-refractivity contribution < 1.29 is 9.18 Å². The number of thioether (sulfide) groups is 1. The Morgan fingerprint density at radius 1 is 1.82 bits per heavy atom. The molecule has 0 aromatic heterocycles. The summed E-state index contributed by atoms with van der Waals surface area (Å²) in [5.74, 6) is 0.121. The molecule has 0 aromatic carbocycles. The predicted molar refractivity (Wildman–Crippen MR) is 41.8 cm³/mol. The summed E-state index contributed by atoms with van der Waals surface area (Å²) in [4.78, 5) is 9.74. The minimum absolute atomic E-state index is 0.121. The van der Waals surface area contributed by atoms with Crippen LogP contribution in [0, 0.1) is 11.3 Å². The van der Waals surface area contributed by atoms with Gasteiger partial charge >= 0.3 is 6.16 Å². The van der Waals surface area contributed by atoms with E-state index in [4.69, 9.17) is 5.26 Å². The molecule has 0 aromatic rings. The number of nitrogens with one attached hydrogen (secondary N) is 1. The third kappa shape index (κ3) is 5.67. The van der Waals surface area contributed by atoms with Crippen molar-refractivity contribution in [2.24, 2.45) is 0 Å². The van der Waals surface area contributed by atoms with Gasteiger partial charge in [0.15, 0.2) is 0 Å². The molecule has 0 radical (unpaired) electrons. The molecule has 0 rings (SSSR count). The fourth-order valence-electron chi connectivity index (χ4n) is 0.306. The fourth-order valence-corrected chi connectivity index (χ4v) is 0.917. The highest BCUT2D eigenvalue weighted by molar-refractivity contribution is 8.00. The second-order valence-electron chi connectivity index (χ2n) is 2.36. The third-order valence-corrected chi connectivity index (χ3v) is 2.02. The minimum atomic E-state index is -1.56. The van der Waals surface area contributed by atoms with Crippen molar-refractivity contribution in [3.8, 4) is 6.07 Å². The topological polar surface area (TPSA) is 52.9 Å². The van der Waals surface area contributed by atoms with Crippen LogP contribution >= 0.6 is 11.8 Å². The van der Waals surface area contributed by atoms with Crippen LogP contribution in [0.5, 0.6) is 0 Å². The van der Waals surface area contributed by atoms with Crippen molar-refractivity contribution in [3.63, 3.8) is 0 Å². The lowest BCUT2D eigenvalue weighted by molar-refractivity contribution is 0.223. The van der Waals surface area contributed by atoms with E-state index in [0.29, 0.717) is 0 Å². The molecule has 0 atom stereocenters. The van der Waals surface area contributed by atoms with E-state index in [9.17, 15) is 9.18 Å². The SMILES string of the molecule is CC(C)(C#N)SCNC(=O)F. The molecular formula is C6H9FN2OS. The first kappa shape index (κ1) is 10.2. The van der Waals surface area contributed by atoms with Crippen LogP contribution in [0.3, 0.4) is 0 Å². The number of carbonyl (C=O) groups excluding carboxylic acids is 1. The smallest absolute Gasteiger partial charge is 0.319 e. The van der Waals surface area contributed by atoms with E-state index >= 15 is 0 Å². The summed E-state index contributed by atoms with van der Waals surface area (Å²) in [6.45, 7) is 3.39. The Morgan fingerprint density at radius 2 is 2.36 bits per heavy atom. The van der Waals surface area contributed by atoms with E-state index in [1.807, 2.05) is 11.4 Å². The molecule has 0 bridgehead atoms. The average Bonchev–Trinajstić information content (AvgIpc) is 1.87. The summed E-state index contributed by atoms with van der Waals surface area (Å²) in [5.41, 5.74) is 0. The molecule has 0 saturated carbocycles. The van der Waals surface area contributed by atoms with Crippen LogP contribution in [0.15, 0.2) is 0 Å². The number of hydrogen-bond donors (Lipinski definition) is 1. The predicted octanol–water partition coefficient (Wildman–Crippen LogP) is 1.66. The molecule has 5 heteroatoms. The largest absolute Gasteiger partial charge is 0.398 e. The molecule has 0 aliphatic heterocycles. The molecule has 0 spiro atoms. The number of halogens is 1. The van der Waals surface area contributed by atoms with Gasteiger partial charge in [-0.2, -0.15) is 5.26 Å². The van der Waals surface area contributed by atoms with E-state index in [0.717, 1.165) is 0 Å². The van der Waals surface area contributed by atoms with Crippen LogP contribution in [0.1, 0.15) is 13.8 Å². The summed E-state index contributed by atoms with van der Waals surface area (Å²) in [6, 6.07) is 2.00. The number of nitrogens with zero attached hydrogens (tertiary/aromatic N) is 1. The van der Waals surface area contributed by atoms with Crippen LogP contribution in [-0.2, 0) is 0 Å². The minimum Gasteiger partial charge on any atom is -0.319 e. The number of rotatable bonds is 3. The second-order valence-corrected chi connectivity index (χ2v) is 3.96. The van der Waals surface area contributed by atoms with E-state index in [-0.39, 0.29) is 5.88 Å². The van der Waals surface area contributed by atoms with Gasteiger partial charge < -0.3 is 5.32 Å². The maximum Gasteiger partial charge on any atom is 0.398 e. The summed E-state index contributed by atoms with van der Waals surface area (Å²) in [6.07, 6.45) is -1.56. The molecule has 1 amide bonds. The van der Waals surface area contributed by atoms with Crippen molar-refractivity contribution in [2.75, 3.05) is 5.88 Å². The first-order chi connectivity index (χ1) is 4.98. The molecular weight excluding hydrogens is 167 g/mol. The van der Waals surface area contributed by atoms with Gasteiger partial charge in [0, 0.05) is 0 Å². The monoisotopic (exact) mass is 176 g/mol. The highest BCUT2D eigenvalue weighted by Gasteiger charge is 2.16.